The molecule has 0 radical (unpaired) electrons. The molecule has 0 bridgehead atoms. The second-order valence-corrected chi connectivity index (χ2v) is 11.1. The Hall–Kier alpha value is -3.80. The number of para-hydroxylation sites is 2. The minimum Gasteiger partial charge on any atom is -0.463 e. The number of anilines is 2. The van der Waals surface area contributed by atoms with Crippen LogP contribution in [0.5, 0.6) is 0 Å². The van der Waals surface area contributed by atoms with Gasteiger partial charge in [0.2, 0.25) is 5.91 Å². The molecule has 3 aromatic carbocycles. The molecule has 2 aliphatic rings. The summed E-state index contributed by atoms with van der Waals surface area (Å²) in [6, 6.07) is 26.2. The second kappa shape index (κ2) is 11.9. The van der Waals surface area contributed by atoms with Gasteiger partial charge in [-0.3, -0.25) is 9.59 Å². The van der Waals surface area contributed by atoms with Crippen LogP contribution in [-0.2, 0) is 27.3 Å². The largest absolute Gasteiger partial charge is 0.463 e. The van der Waals surface area contributed by atoms with Crippen LogP contribution in [0.15, 0.2) is 72.8 Å². The van der Waals surface area contributed by atoms with E-state index < -0.39 is 0 Å². The third kappa shape index (κ3) is 6.99. The van der Waals surface area contributed by atoms with E-state index in [2.05, 4.69) is 96.9 Å². The van der Waals surface area contributed by atoms with Crippen LogP contribution in [0.25, 0.3) is 0 Å². The van der Waals surface area contributed by atoms with Crippen LogP contribution in [0.2, 0.25) is 0 Å². The smallest absolute Gasteiger partial charge is 0.312 e. The number of nitrogens with one attached hydrogen (secondary N) is 1. The molecule has 1 heterocycles. The number of benzene rings is 3. The quantitative estimate of drug-likeness (QED) is 0.334. The van der Waals surface area contributed by atoms with E-state index in [4.69, 9.17) is 4.74 Å². The van der Waals surface area contributed by atoms with Crippen molar-refractivity contribution >= 4 is 23.3 Å². The highest BCUT2D eigenvalue weighted by molar-refractivity contribution is 5.80. The van der Waals surface area contributed by atoms with E-state index in [0.717, 1.165) is 18.7 Å². The van der Waals surface area contributed by atoms with Crippen molar-refractivity contribution in [3.05, 3.63) is 95.1 Å². The second-order valence-electron chi connectivity index (χ2n) is 11.1. The van der Waals surface area contributed by atoms with Crippen LogP contribution in [0.3, 0.4) is 0 Å². The average molecular weight is 526 g/mol. The molecule has 1 saturated heterocycles. The molecule has 204 valence electrons. The van der Waals surface area contributed by atoms with Crippen LogP contribution >= 0.6 is 0 Å². The number of carbonyl (C=O) groups is 2. The topological polar surface area (TPSA) is 61.9 Å². The standard InChI is InChI=1S/C33H39N3O3/c1-23-8-12-26(13-9-23)18-29(22-39-33(38)28-20-35(21-28)25(3)37)34-31-6-4-5-7-32(31)36(30-16-17-30)19-27-14-10-24(2)11-15-27/h4-15,28-30,34H,16-22H2,1-3H3. The van der Waals surface area contributed by atoms with Crippen molar-refractivity contribution in [1.29, 1.82) is 0 Å². The zero-order chi connectivity index (χ0) is 27.4. The summed E-state index contributed by atoms with van der Waals surface area (Å²) in [7, 11) is 0. The summed E-state index contributed by atoms with van der Waals surface area (Å²) in [4.78, 5) is 28.4. The van der Waals surface area contributed by atoms with Crippen molar-refractivity contribution in [3.63, 3.8) is 0 Å². The normalized spacial score (nSPS) is 15.8. The van der Waals surface area contributed by atoms with Crippen LogP contribution in [0, 0.1) is 19.8 Å². The Morgan fingerprint density at radius 1 is 0.923 bits per heavy atom. The number of aryl methyl sites for hydroxylation is 2. The Bertz CT molecular complexity index is 1280. The Labute approximate surface area is 232 Å². The lowest BCUT2D eigenvalue weighted by molar-refractivity contribution is -0.157. The lowest BCUT2D eigenvalue weighted by atomic mass is 10.0. The van der Waals surface area contributed by atoms with Crippen molar-refractivity contribution in [2.75, 3.05) is 29.9 Å². The predicted octanol–water partition coefficient (Wildman–Crippen LogP) is 5.52. The van der Waals surface area contributed by atoms with Gasteiger partial charge in [-0.05, 0) is 56.4 Å². The number of amides is 1. The van der Waals surface area contributed by atoms with Gasteiger partial charge < -0.3 is 19.9 Å². The SMILES string of the molecule is CC(=O)N1CC(C(=O)OCC(Cc2ccc(C)cc2)Nc2ccccc2N(Cc2ccc(C)cc2)C2CC2)C1. The zero-order valence-corrected chi connectivity index (χ0v) is 23.2. The van der Waals surface area contributed by atoms with Gasteiger partial charge in [-0.25, -0.2) is 0 Å². The van der Waals surface area contributed by atoms with E-state index in [1.165, 1.54) is 47.7 Å². The summed E-state index contributed by atoms with van der Waals surface area (Å²) in [5.41, 5.74) is 7.21. The first-order chi connectivity index (χ1) is 18.9. The first kappa shape index (κ1) is 26.8. The van der Waals surface area contributed by atoms with E-state index >= 15 is 0 Å². The third-order valence-corrected chi connectivity index (χ3v) is 7.72. The zero-order valence-electron chi connectivity index (χ0n) is 23.2. The monoisotopic (exact) mass is 525 g/mol. The number of carbonyl (C=O) groups excluding carboxylic acids is 2. The molecule has 5 rings (SSSR count). The van der Waals surface area contributed by atoms with Gasteiger partial charge in [-0.15, -0.1) is 0 Å². The fourth-order valence-corrected chi connectivity index (χ4v) is 5.10. The predicted molar refractivity (Wildman–Crippen MR) is 156 cm³/mol. The van der Waals surface area contributed by atoms with Crippen LogP contribution in [0.1, 0.15) is 42.0 Å². The Balaban J connectivity index is 1.32. The molecule has 1 amide bonds. The van der Waals surface area contributed by atoms with Crippen LogP contribution in [-0.4, -0.2) is 48.6 Å². The fourth-order valence-electron chi connectivity index (χ4n) is 5.10. The minimum atomic E-state index is -0.235. The summed E-state index contributed by atoms with van der Waals surface area (Å²) in [6.07, 6.45) is 3.13. The van der Waals surface area contributed by atoms with Crippen molar-refractivity contribution in [2.45, 2.75) is 58.7 Å². The lowest BCUT2D eigenvalue weighted by Crippen LogP contribution is -2.53. The van der Waals surface area contributed by atoms with Gasteiger partial charge in [0.1, 0.15) is 6.61 Å². The first-order valence-corrected chi connectivity index (χ1v) is 14.0. The van der Waals surface area contributed by atoms with Gasteiger partial charge >= 0.3 is 5.97 Å². The number of likely N-dealkylation sites (tertiary alicyclic amines) is 1. The molecule has 1 aliphatic carbocycles. The molecule has 1 atom stereocenters. The molecule has 1 saturated carbocycles. The van der Waals surface area contributed by atoms with E-state index in [1.807, 2.05) is 0 Å². The number of hydrogen-bond acceptors (Lipinski definition) is 5. The number of rotatable bonds is 11. The van der Waals surface area contributed by atoms with Crippen molar-refractivity contribution in [3.8, 4) is 0 Å². The summed E-state index contributed by atoms with van der Waals surface area (Å²) in [5, 5.41) is 3.74. The first-order valence-electron chi connectivity index (χ1n) is 14.0. The van der Waals surface area contributed by atoms with E-state index in [-0.39, 0.29) is 30.4 Å². The molecule has 0 spiro atoms. The maximum atomic E-state index is 12.8. The highest BCUT2D eigenvalue weighted by atomic mass is 16.5. The Kier molecular flexibility index (Phi) is 8.20. The highest BCUT2D eigenvalue weighted by Gasteiger charge is 2.36. The summed E-state index contributed by atoms with van der Waals surface area (Å²) in [6.45, 7) is 7.75. The molecule has 1 unspecified atom stereocenters. The number of nitrogens with zero attached hydrogens (tertiary/aromatic N) is 2. The molecule has 6 nitrogen and oxygen atoms in total. The van der Waals surface area contributed by atoms with Gasteiger partial charge in [-0.2, -0.15) is 0 Å². The molecule has 0 aromatic heterocycles. The number of hydrogen-bond donors (Lipinski definition) is 1. The number of ether oxygens (including phenoxy) is 1. The summed E-state index contributed by atoms with van der Waals surface area (Å²) < 4.78 is 5.82. The van der Waals surface area contributed by atoms with E-state index in [1.54, 1.807) is 4.90 Å². The maximum Gasteiger partial charge on any atom is 0.312 e. The van der Waals surface area contributed by atoms with Gasteiger partial charge in [0.05, 0.1) is 23.3 Å². The summed E-state index contributed by atoms with van der Waals surface area (Å²) >= 11 is 0. The molecule has 1 aliphatic heterocycles. The van der Waals surface area contributed by atoms with Crippen molar-refractivity contribution in [1.82, 2.24) is 4.90 Å². The molecule has 1 N–H and O–H groups in total. The molecular weight excluding hydrogens is 486 g/mol. The molecule has 6 heteroatoms. The van der Waals surface area contributed by atoms with Crippen molar-refractivity contribution in [2.24, 2.45) is 5.92 Å². The van der Waals surface area contributed by atoms with Gasteiger partial charge in [0, 0.05) is 32.6 Å². The van der Waals surface area contributed by atoms with Crippen molar-refractivity contribution < 1.29 is 14.3 Å². The highest BCUT2D eigenvalue weighted by Crippen LogP contribution is 2.37. The molecule has 3 aromatic rings. The number of esters is 1. The van der Waals surface area contributed by atoms with E-state index in [9.17, 15) is 9.59 Å². The lowest BCUT2D eigenvalue weighted by Gasteiger charge is -2.37. The van der Waals surface area contributed by atoms with Gasteiger partial charge in [0.25, 0.3) is 0 Å². The van der Waals surface area contributed by atoms with Crippen LogP contribution in [0.4, 0.5) is 11.4 Å². The Morgan fingerprint density at radius 3 is 2.15 bits per heavy atom. The minimum absolute atomic E-state index is 0.000394. The van der Waals surface area contributed by atoms with Gasteiger partial charge in [0.15, 0.2) is 0 Å². The molecule has 39 heavy (non-hydrogen) atoms. The average Bonchev–Trinajstić information content (AvgIpc) is 3.73. The summed E-state index contributed by atoms with van der Waals surface area (Å²) in [5.74, 6) is -0.461. The maximum absolute atomic E-state index is 12.8. The molecule has 2 fully saturated rings. The van der Waals surface area contributed by atoms with Crippen LogP contribution < -0.4 is 10.2 Å². The van der Waals surface area contributed by atoms with E-state index in [0.29, 0.717) is 19.1 Å². The Morgan fingerprint density at radius 2 is 1.54 bits per heavy atom. The fraction of sp³-hybridized carbons (Fsp3) is 0.394. The third-order valence-electron chi connectivity index (χ3n) is 7.72. The molecular formula is C33H39N3O3. The van der Waals surface area contributed by atoms with Gasteiger partial charge in [-0.1, -0.05) is 71.8 Å².